The Morgan fingerprint density at radius 1 is 1.67 bits per heavy atom. The van der Waals surface area contributed by atoms with Gasteiger partial charge in [-0.3, -0.25) is 9.59 Å². The summed E-state index contributed by atoms with van der Waals surface area (Å²) in [5, 5.41) is 3.92. The molecule has 96 valence electrons. The lowest BCUT2D eigenvalue weighted by atomic mass is 10.2. The Morgan fingerprint density at radius 3 is 3.17 bits per heavy atom. The van der Waals surface area contributed by atoms with Crippen LogP contribution < -0.4 is 5.32 Å². The first-order valence-electron chi connectivity index (χ1n) is 5.36. The van der Waals surface area contributed by atoms with Crippen molar-refractivity contribution in [3.8, 4) is 0 Å². The largest absolute Gasteiger partial charge is 0.345 e. The van der Waals surface area contributed by atoms with E-state index < -0.39 is 0 Å². The van der Waals surface area contributed by atoms with Crippen LogP contribution in [0.2, 0.25) is 5.02 Å². The predicted molar refractivity (Wildman–Crippen MR) is 74.0 cm³/mol. The molecule has 1 aliphatic heterocycles. The van der Waals surface area contributed by atoms with Crippen molar-refractivity contribution in [2.45, 2.75) is 17.5 Å². The van der Waals surface area contributed by atoms with E-state index in [0.717, 1.165) is 5.75 Å². The molecule has 2 heterocycles. The van der Waals surface area contributed by atoms with Gasteiger partial charge in [0.25, 0.3) is 0 Å². The monoisotopic (exact) mass is 302 g/mol. The molecule has 7 heteroatoms. The fourth-order valence-electron chi connectivity index (χ4n) is 1.47. The highest BCUT2D eigenvalue weighted by Gasteiger charge is 2.26. The maximum absolute atomic E-state index is 11.7. The summed E-state index contributed by atoms with van der Waals surface area (Å²) in [6.07, 6.45) is 2.34. The van der Waals surface area contributed by atoms with Gasteiger partial charge in [-0.15, -0.1) is 0 Å². The molecule has 1 fully saturated rings. The summed E-state index contributed by atoms with van der Waals surface area (Å²) in [5.41, 5.74) is 0. The highest BCUT2D eigenvalue weighted by molar-refractivity contribution is 8.14. The van der Waals surface area contributed by atoms with Crippen molar-refractivity contribution in [3.05, 3.63) is 23.4 Å². The Bertz CT molecular complexity index is 470. The van der Waals surface area contributed by atoms with Crippen LogP contribution >= 0.6 is 35.1 Å². The van der Waals surface area contributed by atoms with Crippen molar-refractivity contribution >= 4 is 46.1 Å². The van der Waals surface area contributed by atoms with Crippen LogP contribution in [-0.2, 0) is 9.59 Å². The van der Waals surface area contributed by atoms with Crippen LogP contribution in [0.5, 0.6) is 0 Å². The molecule has 0 spiro atoms. The van der Waals surface area contributed by atoms with Gasteiger partial charge in [0, 0.05) is 11.9 Å². The molecular formula is C11H11ClN2O2S2. The molecular weight excluding hydrogens is 292 g/mol. The summed E-state index contributed by atoms with van der Waals surface area (Å²) in [4.78, 5) is 27.1. The maximum Gasteiger partial charge on any atom is 0.231 e. The summed E-state index contributed by atoms with van der Waals surface area (Å²) in [6, 6.07) is 3.13. The SMILES string of the molecule is O=C(CSc1ncccc1Cl)N[C@H]1CCSC1=O. The molecule has 0 bridgehead atoms. The molecule has 2 rings (SSSR count). The van der Waals surface area contributed by atoms with Crippen molar-refractivity contribution in [2.75, 3.05) is 11.5 Å². The topological polar surface area (TPSA) is 59.1 Å². The van der Waals surface area contributed by atoms with Gasteiger partial charge in [-0.05, 0) is 18.6 Å². The number of rotatable bonds is 4. The predicted octanol–water partition coefficient (Wildman–Crippen LogP) is 1.98. The average molecular weight is 303 g/mol. The molecule has 1 atom stereocenters. The summed E-state index contributed by atoms with van der Waals surface area (Å²) in [5.74, 6) is 0.830. The third kappa shape index (κ3) is 3.63. The van der Waals surface area contributed by atoms with Gasteiger partial charge in [0.05, 0.1) is 16.8 Å². The Labute approximate surface area is 118 Å². The second kappa shape index (κ2) is 6.45. The van der Waals surface area contributed by atoms with Gasteiger partial charge in [0.1, 0.15) is 5.03 Å². The van der Waals surface area contributed by atoms with Gasteiger partial charge < -0.3 is 5.32 Å². The minimum Gasteiger partial charge on any atom is -0.345 e. The molecule has 1 saturated heterocycles. The Balaban J connectivity index is 1.82. The van der Waals surface area contributed by atoms with Crippen molar-refractivity contribution in [2.24, 2.45) is 0 Å². The maximum atomic E-state index is 11.7. The van der Waals surface area contributed by atoms with E-state index in [-0.39, 0.29) is 22.8 Å². The van der Waals surface area contributed by atoms with Crippen LogP contribution in [-0.4, -0.2) is 33.6 Å². The second-order valence-corrected chi connectivity index (χ2v) is 6.13. The number of hydrogen-bond donors (Lipinski definition) is 1. The first-order valence-corrected chi connectivity index (χ1v) is 7.71. The summed E-state index contributed by atoms with van der Waals surface area (Å²) >= 11 is 8.47. The van der Waals surface area contributed by atoms with E-state index in [1.54, 1.807) is 18.3 Å². The highest BCUT2D eigenvalue weighted by Crippen LogP contribution is 2.24. The van der Waals surface area contributed by atoms with E-state index in [4.69, 9.17) is 11.6 Å². The number of halogens is 1. The Hall–Kier alpha value is -0.720. The van der Waals surface area contributed by atoms with Crippen LogP contribution in [0.4, 0.5) is 0 Å². The summed E-state index contributed by atoms with van der Waals surface area (Å²) in [7, 11) is 0. The zero-order chi connectivity index (χ0) is 13.0. The van der Waals surface area contributed by atoms with E-state index in [2.05, 4.69) is 10.3 Å². The lowest BCUT2D eigenvalue weighted by molar-refractivity contribution is -0.122. The number of carbonyl (C=O) groups excluding carboxylic acids is 2. The molecule has 0 unspecified atom stereocenters. The number of carbonyl (C=O) groups is 2. The third-order valence-electron chi connectivity index (χ3n) is 2.34. The molecule has 4 nitrogen and oxygen atoms in total. The second-order valence-electron chi connectivity index (χ2n) is 3.66. The normalized spacial score (nSPS) is 18.9. The van der Waals surface area contributed by atoms with E-state index in [1.807, 2.05) is 0 Å². The number of thioether (sulfide) groups is 2. The first kappa shape index (κ1) is 13.7. The number of nitrogens with zero attached hydrogens (tertiary/aromatic N) is 1. The van der Waals surface area contributed by atoms with Gasteiger partial charge in [-0.2, -0.15) is 0 Å². The van der Waals surface area contributed by atoms with Crippen LogP contribution in [0.15, 0.2) is 23.4 Å². The van der Waals surface area contributed by atoms with E-state index in [9.17, 15) is 9.59 Å². The Morgan fingerprint density at radius 2 is 2.50 bits per heavy atom. The van der Waals surface area contributed by atoms with Gasteiger partial charge in [-0.25, -0.2) is 4.98 Å². The van der Waals surface area contributed by atoms with Crippen LogP contribution in [0.3, 0.4) is 0 Å². The number of hydrogen-bond acceptors (Lipinski definition) is 5. The van der Waals surface area contributed by atoms with Gasteiger partial charge in [0.15, 0.2) is 0 Å². The minimum absolute atomic E-state index is 0.0456. The summed E-state index contributed by atoms with van der Waals surface area (Å²) in [6.45, 7) is 0. The van der Waals surface area contributed by atoms with Gasteiger partial charge in [-0.1, -0.05) is 35.1 Å². The van der Waals surface area contributed by atoms with Crippen LogP contribution in [0.1, 0.15) is 6.42 Å². The smallest absolute Gasteiger partial charge is 0.231 e. The first-order chi connectivity index (χ1) is 8.66. The molecule has 1 N–H and O–H groups in total. The number of pyridine rings is 1. The lowest BCUT2D eigenvalue weighted by Gasteiger charge is -2.09. The van der Waals surface area contributed by atoms with E-state index >= 15 is 0 Å². The van der Waals surface area contributed by atoms with Crippen LogP contribution in [0, 0.1) is 0 Å². The number of amides is 1. The molecule has 1 aromatic heterocycles. The molecule has 0 aromatic carbocycles. The standard InChI is InChI=1S/C11H11ClN2O2S2/c12-7-2-1-4-13-10(7)18-6-9(15)14-8-3-5-17-11(8)16/h1-2,4,8H,3,5-6H2,(H,14,15)/t8-/m0/s1. The zero-order valence-electron chi connectivity index (χ0n) is 9.39. The van der Waals surface area contributed by atoms with Crippen molar-refractivity contribution < 1.29 is 9.59 Å². The van der Waals surface area contributed by atoms with E-state index in [1.165, 1.54) is 23.5 Å². The number of nitrogens with one attached hydrogen (secondary N) is 1. The molecule has 1 amide bonds. The molecule has 0 saturated carbocycles. The third-order valence-corrected chi connectivity index (χ3v) is 4.77. The quantitative estimate of drug-likeness (QED) is 0.862. The van der Waals surface area contributed by atoms with Crippen molar-refractivity contribution in [3.63, 3.8) is 0 Å². The van der Waals surface area contributed by atoms with Gasteiger partial charge in [0.2, 0.25) is 11.0 Å². The van der Waals surface area contributed by atoms with Crippen molar-refractivity contribution in [1.82, 2.24) is 10.3 Å². The van der Waals surface area contributed by atoms with Crippen molar-refractivity contribution in [1.29, 1.82) is 0 Å². The van der Waals surface area contributed by atoms with Crippen LogP contribution in [0.25, 0.3) is 0 Å². The Kier molecular flexibility index (Phi) is 4.91. The zero-order valence-corrected chi connectivity index (χ0v) is 11.8. The molecule has 0 radical (unpaired) electrons. The molecule has 1 aliphatic rings. The molecule has 18 heavy (non-hydrogen) atoms. The number of aromatic nitrogens is 1. The fourth-order valence-corrected chi connectivity index (χ4v) is 3.38. The highest BCUT2D eigenvalue weighted by atomic mass is 35.5. The molecule has 0 aliphatic carbocycles. The summed E-state index contributed by atoms with van der Waals surface area (Å²) < 4.78 is 0. The van der Waals surface area contributed by atoms with Gasteiger partial charge >= 0.3 is 0 Å². The molecule has 1 aromatic rings. The minimum atomic E-state index is -0.331. The van der Waals surface area contributed by atoms with E-state index in [0.29, 0.717) is 16.5 Å². The average Bonchev–Trinajstić information content (AvgIpc) is 2.74. The lowest BCUT2D eigenvalue weighted by Crippen LogP contribution is -2.38. The fraction of sp³-hybridized carbons (Fsp3) is 0.364.